The second-order valence-electron chi connectivity index (χ2n) is 2.78. The predicted molar refractivity (Wildman–Crippen MR) is 58.8 cm³/mol. The Bertz CT molecular complexity index is 265. The summed E-state index contributed by atoms with van der Waals surface area (Å²) in [5, 5.41) is 6.16. The van der Waals surface area contributed by atoms with E-state index in [1.807, 2.05) is 32.2 Å². The molecule has 1 aromatic heterocycles. The Morgan fingerprint density at radius 2 is 2.14 bits per heavy atom. The van der Waals surface area contributed by atoms with Crippen molar-refractivity contribution in [3.63, 3.8) is 0 Å². The van der Waals surface area contributed by atoms with E-state index in [1.165, 1.54) is 0 Å². The van der Waals surface area contributed by atoms with Gasteiger partial charge in [0, 0.05) is 20.2 Å². The van der Waals surface area contributed by atoms with Gasteiger partial charge in [-0.25, -0.2) is 4.98 Å². The molecule has 0 saturated heterocycles. The van der Waals surface area contributed by atoms with Crippen LogP contribution in [0, 0.1) is 0 Å². The number of nitrogens with one attached hydrogen (secondary N) is 2. The van der Waals surface area contributed by atoms with Crippen molar-refractivity contribution >= 4 is 11.6 Å². The molecule has 2 N–H and O–H groups in total. The number of pyridine rings is 1. The highest BCUT2D eigenvalue weighted by atomic mass is 16.5. The maximum absolute atomic E-state index is 5.21. The molecule has 0 aromatic carbocycles. The number of aromatic nitrogens is 1. The summed E-state index contributed by atoms with van der Waals surface area (Å²) in [6.45, 7) is 4.24. The minimum Gasteiger partial charge on any atom is -0.380 e. The lowest BCUT2D eigenvalue weighted by atomic mass is 10.4. The van der Waals surface area contributed by atoms with Gasteiger partial charge >= 0.3 is 0 Å². The molecular weight excluding hydrogens is 178 g/mol. The van der Waals surface area contributed by atoms with Gasteiger partial charge in [-0.2, -0.15) is 0 Å². The monoisotopic (exact) mass is 195 g/mol. The van der Waals surface area contributed by atoms with E-state index in [2.05, 4.69) is 15.6 Å². The van der Waals surface area contributed by atoms with Gasteiger partial charge in [0.25, 0.3) is 0 Å². The third-order valence-electron chi connectivity index (χ3n) is 1.76. The van der Waals surface area contributed by atoms with Crippen LogP contribution < -0.4 is 10.6 Å². The van der Waals surface area contributed by atoms with Crippen LogP contribution in [0.15, 0.2) is 18.2 Å². The fourth-order valence-corrected chi connectivity index (χ4v) is 1.07. The van der Waals surface area contributed by atoms with Crippen LogP contribution in [0.2, 0.25) is 0 Å². The maximum Gasteiger partial charge on any atom is 0.128 e. The summed E-state index contributed by atoms with van der Waals surface area (Å²) in [5.74, 6) is 1.74. The first-order chi connectivity index (χ1) is 6.86. The third-order valence-corrected chi connectivity index (χ3v) is 1.76. The minimum atomic E-state index is 0.710. The summed E-state index contributed by atoms with van der Waals surface area (Å²) < 4.78 is 5.21. The molecule has 0 unspecified atom stereocenters. The Balaban J connectivity index is 2.34. The van der Waals surface area contributed by atoms with E-state index in [0.717, 1.165) is 24.8 Å². The molecule has 1 aromatic rings. The summed E-state index contributed by atoms with van der Waals surface area (Å²) >= 11 is 0. The van der Waals surface area contributed by atoms with Gasteiger partial charge in [0.1, 0.15) is 11.6 Å². The highest BCUT2D eigenvalue weighted by Gasteiger charge is 1.94. The fraction of sp³-hybridized carbons (Fsp3) is 0.500. The number of hydrogen-bond donors (Lipinski definition) is 2. The highest BCUT2D eigenvalue weighted by molar-refractivity contribution is 5.44. The molecule has 1 rings (SSSR count). The van der Waals surface area contributed by atoms with Crippen LogP contribution in [0.1, 0.15) is 6.92 Å². The van der Waals surface area contributed by atoms with Gasteiger partial charge in [0.2, 0.25) is 0 Å². The maximum atomic E-state index is 5.21. The zero-order chi connectivity index (χ0) is 10.2. The van der Waals surface area contributed by atoms with Gasteiger partial charge < -0.3 is 15.4 Å². The van der Waals surface area contributed by atoms with Crippen LogP contribution in [0.4, 0.5) is 11.6 Å². The lowest BCUT2D eigenvalue weighted by Crippen LogP contribution is -2.10. The van der Waals surface area contributed by atoms with E-state index in [4.69, 9.17) is 4.74 Å². The number of anilines is 2. The van der Waals surface area contributed by atoms with Crippen LogP contribution in [0.25, 0.3) is 0 Å². The normalized spacial score (nSPS) is 9.86. The molecule has 0 atom stereocenters. The van der Waals surface area contributed by atoms with Crippen molar-refractivity contribution in [2.24, 2.45) is 0 Å². The molecular formula is C10H17N3O. The van der Waals surface area contributed by atoms with Gasteiger partial charge in [-0.05, 0) is 19.1 Å². The van der Waals surface area contributed by atoms with E-state index in [1.54, 1.807) is 0 Å². The van der Waals surface area contributed by atoms with Crippen LogP contribution in [-0.2, 0) is 4.74 Å². The van der Waals surface area contributed by atoms with E-state index in [0.29, 0.717) is 6.61 Å². The molecule has 0 aliphatic heterocycles. The largest absolute Gasteiger partial charge is 0.380 e. The van der Waals surface area contributed by atoms with E-state index < -0.39 is 0 Å². The van der Waals surface area contributed by atoms with E-state index in [9.17, 15) is 0 Å². The van der Waals surface area contributed by atoms with Gasteiger partial charge in [-0.15, -0.1) is 0 Å². The molecule has 4 heteroatoms. The standard InChI is InChI=1S/C10H17N3O/c1-3-14-8-7-12-10-6-4-5-9(11-2)13-10/h4-6H,3,7-8H2,1-2H3,(H2,11,12,13). The van der Waals surface area contributed by atoms with E-state index in [-0.39, 0.29) is 0 Å². The molecule has 0 amide bonds. The summed E-state index contributed by atoms with van der Waals surface area (Å²) in [6.07, 6.45) is 0. The summed E-state index contributed by atoms with van der Waals surface area (Å²) in [7, 11) is 1.85. The SMILES string of the molecule is CCOCCNc1cccc(NC)n1. The fourth-order valence-electron chi connectivity index (χ4n) is 1.07. The number of ether oxygens (including phenoxy) is 1. The van der Waals surface area contributed by atoms with Crippen LogP contribution >= 0.6 is 0 Å². The van der Waals surface area contributed by atoms with Crippen molar-refractivity contribution in [1.29, 1.82) is 0 Å². The predicted octanol–water partition coefficient (Wildman–Crippen LogP) is 1.57. The highest BCUT2D eigenvalue weighted by Crippen LogP contribution is 2.07. The Hall–Kier alpha value is -1.29. The van der Waals surface area contributed by atoms with Crippen molar-refractivity contribution in [3.05, 3.63) is 18.2 Å². The molecule has 0 aliphatic carbocycles. The average Bonchev–Trinajstić information content (AvgIpc) is 2.25. The van der Waals surface area contributed by atoms with Gasteiger partial charge in [0.15, 0.2) is 0 Å². The minimum absolute atomic E-state index is 0.710. The lowest BCUT2D eigenvalue weighted by Gasteiger charge is -2.06. The van der Waals surface area contributed by atoms with Crippen molar-refractivity contribution in [2.75, 3.05) is 37.4 Å². The molecule has 4 nitrogen and oxygen atoms in total. The first kappa shape index (κ1) is 10.8. The van der Waals surface area contributed by atoms with Crippen molar-refractivity contribution in [2.45, 2.75) is 6.92 Å². The van der Waals surface area contributed by atoms with E-state index >= 15 is 0 Å². The quantitative estimate of drug-likeness (QED) is 0.676. The molecule has 0 radical (unpaired) electrons. The zero-order valence-electron chi connectivity index (χ0n) is 8.71. The Kier molecular flexibility index (Phi) is 4.78. The first-order valence-corrected chi connectivity index (χ1v) is 4.83. The van der Waals surface area contributed by atoms with Crippen molar-refractivity contribution < 1.29 is 4.74 Å². The Labute approximate surface area is 84.7 Å². The summed E-state index contributed by atoms with van der Waals surface area (Å²) in [5.41, 5.74) is 0. The summed E-state index contributed by atoms with van der Waals surface area (Å²) in [4.78, 5) is 4.31. The Morgan fingerprint density at radius 1 is 1.36 bits per heavy atom. The molecule has 0 bridgehead atoms. The molecule has 14 heavy (non-hydrogen) atoms. The van der Waals surface area contributed by atoms with Crippen molar-refractivity contribution in [1.82, 2.24) is 4.98 Å². The second kappa shape index (κ2) is 6.21. The first-order valence-electron chi connectivity index (χ1n) is 4.83. The van der Waals surface area contributed by atoms with Gasteiger partial charge in [-0.1, -0.05) is 6.07 Å². The third kappa shape index (κ3) is 3.62. The second-order valence-corrected chi connectivity index (χ2v) is 2.78. The lowest BCUT2D eigenvalue weighted by molar-refractivity contribution is 0.158. The van der Waals surface area contributed by atoms with Crippen LogP contribution in [0.3, 0.4) is 0 Å². The molecule has 78 valence electrons. The number of rotatable bonds is 6. The number of nitrogens with zero attached hydrogens (tertiary/aromatic N) is 1. The van der Waals surface area contributed by atoms with Gasteiger partial charge in [0.05, 0.1) is 6.61 Å². The van der Waals surface area contributed by atoms with Crippen LogP contribution in [-0.4, -0.2) is 31.8 Å². The Morgan fingerprint density at radius 3 is 2.86 bits per heavy atom. The molecule has 0 aliphatic rings. The molecule has 0 spiro atoms. The van der Waals surface area contributed by atoms with Gasteiger partial charge in [-0.3, -0.25) is 0 Å². The zero-order valence-corrected chi connectivity index (χ0v) is 8.71. The van der Waals surface area contributed by atoms with Crippen LogP contribution in [0.5, 0.6) is 0 Å². The van der Waals surface area contributed by atoms with Crippen molar-refractivity contribution in [3.8, 4) is 0 Å². The summed E-state index contributed by atoms with van der Waals surface area (Å²) in [6, 6.07) is 5.82. The topological polar surface area (TPSA) is 46.2 Å². The molecule has 0 saturated carbocycles. The molecule has 0 fully saturated rings. The number of hydrogen-bond acceptors (Lipinski definition) is 4. The smallest absolute Gasteiger partial charge is 0.128 e. The average molecular weight is 195 g/mol. The molecule has 1 heterocycles.